The number of ether oxygens (including phenoxy) is 1. The van der Waals surface area contributed by atoms with Crippen LogP contribution in [0.4, 0.5) is 4.39 Å². The first-order chi connectivity index (χ1) is 16.8. The summed E-state index contributed by atoms with van der Waals surface area (Å²) in [5.74, 6) is 0.693. The number of carbonyl (C=O) groups is 1. The number of allylic oxidation sites excluding steroid dienone is 1. The molecule has 35 heavy (non-hydrogen) atoms. The predicted octanol–water partition coefficient (Wildman–Crippen LogP) is 4.30. The molecule has 2 N–H and O–H groups in total. The van der Waals surface area contributed by atoms with E-state index in [2.05, 4.69) is 29.1 Å². The smallest absolute Gasteiger partial charge is 0.258 e. The van der Waals surface area contributed by atoms with E-state index in [1.54, 1.807) is 11.1 Å². The maximum absolute atomic E-state index is 14.2. The zero-order valence-electron chi connectivity index (χ0n) is 20.1. The van der Waals surface area contributed by atoms with E-state index in [-0.39, 0.29) is 30.9 Å². The van der Waals surface area contributed by atoms with Crippen molar-refractivity contribution in [1.29, 1.82) is 5.41 Å². The van der Waals surface area contributed by atoms with Gasteiger partial charge in [-0.2, -0.15) is 0 Å². The number of carbonyl (C=O) groups excluding carboxylic acids is 1. The molecule has 0 saturated carbocycles. The largest absolute Gasteiger partial charge is 0.489 e. The third-order valence-corrected chi connectivity index (χ3v) is 7.39. The lowest BCUT2D eigenvalue weighted by molar-refractivity contribution is 0.0415. The fraction of sp³-hybridized carbons (Fsp3) is 0.500. The molecule has 1 aromatic rings. The van der Waals surface area contributed by atoms with Crippen molar-refractivity contribution in [3.05, 3.63) is 52.2 Å². The van der Waals surface area contributed by atoms with E-state index >= 15 is 0 Å². The van der Waals surface area contributed by atoms with Gasteiger partial charge in [0.05, 0.1) is 29.4 Å². The molecule has 2 bridgehead atoms. The van der Waals surface area contributed by atoms with Crippen molar-refractivity contribution in [1.82, 2.24) is 15.1 Å². The standard InChI is InChI=1S/C26H31ClFN5O2/c1-15(2)12-33-18-4-5-19(33)9-20(8-18)35-24-7-17(28)3-6-21(24)26(34)32-13-22(23(29)14-32)25-30-10-16(27)11-31-25/h3,6-7,10-11,15,18-20,29-30H,4-5,8-9,12-14H2,1-2H3/b25-22+,29-23?/t18-,19+,20+. The molecule has 1 aromatic carbocycles. The van der Waals surface area contributed by atoms with Crippen LogP contribution < -0.4 is 10.1 Å². The van der Waals surface area contributed by atoms with Gasteiger partial charge in [0.25, 0.3) is 5.91 Å². The number of aliphatic imine (C=N–C) groups is 1. The van der Waals surface area contributed by atoms with Crippen LogP contribution in [0.1, 0.15) is 49.9 Å². The van der Waals surface area contributed by atoms with Gasteiger partial charge in [0.1, 0.15) is 23.5 Å². The van der Waals surface area contributed by atoms with Crippen molar-refractivity contribution >= 4 is 29.4 Å². The van der Waals surface area contributed by atoms with Gasteiger partial charge in [0.15, 0.2) is 0 Å². The lowest BCUT2D eigenvalue weighted by atomic mass is 9.98. The minimum Gasteiger partial charge on any atom is -0.489 e. The second-order valence-corrected chi connectivity index (χ2v) is 10.7. The van der Waals surface area contributed by atoms with Gasteiger partial charge < -0.3 is 20.4 Å². The predicted molar refractivity (Wildman–Crippen MR) is 135 cm³/mol. The number of nitrogens with one attached hydrogen (secondary N) is 2. The summed E-state index contributed by atoms with van der Waals surface area (Å²) in [5, 5.41) is 11.8. The van der Waals surface area contributed by atoms with E-state index in [0.29, 0.717) is 45.7 Å². The van der Waals surface area contributed by atoms with Crippen molar-refractivity contribution < 1.29 is 13.9 Å². The summed E-state index contributed by atoms with van der Waals surface area (Å²) < 4.78 is 20.5. The van der Waals surface area contributed by atoms with E-state index < -0.39 is 5.82 Å². The monoisotopic (exact) mass is 499 g/mol. The van der Waals surface area contributed by atoms with Gasteiger partial charge in [-0.1, -0.05) is 25.4 Å². The number of hydrogen-bond acceptors (Lipinski definition) is 6. The Balaban J connectivity index is 1.32. The summed E-state index contributed by atoms with van der Waals surface area (Å²) in [7, 11) is 0. The minimum atomic E-state index is -0.432. The molecule has 3 atom stereocenters. The van der Waals surface area contributed by atoms with Gasteiger partial charge >= 0.3 is 0 Å². The number of fused-ring (bicyclic) bond motifs is 2. The quantitative estimate of drug-likeness (QED) is 0.633. The number of rotatable bonds is 5. The zero-order valence-corrected chi connectivity index (χ0v) is 20.8. The molecule has 3 fully saturated rings. The van der Waals surface area contributed by atoms with Crippen LogP contribution in [-0.2, 0) is 0 Å². The summed E-state index contributed by atoms with van der Waals surface area (Å²) in [5.41, 5.74) is 1.27. The highest BCUT2D eigenvalue weighted by Gasteiger charge is 2.42. The maximum Gasteiger partial charge on any atom is 0.258 e. The Morgan fingerprint density at radius 1 is 1.29 bits per heavy atom. The molecule has 186 valence electrons. The van der Waals surface area contributed by atoms with Crippen LogP contribution in [0.25, 0.3) is 0 Å². The van der Waals surface area contributed by atoms with E-state index in [1.165, 1.54) is 24.4 Å². The molecule has 4 aliphatic heterocycles. The molecule has 9 heteroatoms. The SMILES string of the molecule is CC(C)CN1[C@@H]2CC[C@H]1C[C@@H](Oc1cc(F)ccc1C(=O)N1CC(=N)/C(=C3/N=CC(Cl)=CN3)C1)C2. The number of benzene rings is 1. The molecule has 7 nitrogen and oxygen atoms in total. The Hall–Kier alpha value is -2.71. The molecule has 4 heterocycles. The number of hydrogen-bond donors (Lipinski definition) is 2. The van der Waals surface area contributed by atoms with Crippen LogP contribution in [0, 0.1) is 17.1 Å². The summed E-state index contributed by atoms with van der Waals surface area (Å²) in [6.07, 6.45) is 7.16. The molecule has 5 rings (SSSR count). The fourth-order valence-electron chi connectivity index (χ4n) is 5.65. The Morgan fingerprint density at radius 2 is 2.03 bits per heavy atom. The van der Waals surface area contributed by atoms with Crippen molar-refractivity contribution in [2.24, 2.45) is 10.9 Å². The van der Waals surface area contributed by atoms with E-state index in [9.17, 15) is 9.18 Å². The van der Waals surface area contributed by atoms with Crippen LogP contribution in [0.2, 0.25) is 0 Å². The van der Waals surface area contributed by atoms with Crippen molar-refractivity contribution in [3.63, 3.8) is 0 Å². The third-order valence-electron chi connectivity index (χ3n) is 7.18. The highest BCUT2D eigenvalue weighted by Crippen LogP contribution is 2.38. The molecular weight excluding hydrogens is 469 g/mol. The normalized spacial score (nSPS) is 28.5. The molecule has 0 aromatic heterocycles. The van der Waals surface area contributed by atoms with Gasteiger partial charge in [0, 0.05) is 42.7 Å². The molecule has 1 amide bonds. The van der Waals surface area contributed by atoms with E-state index in [4.69, 9.17) is 21.7 Å². The first-order valence-corrected chi connectivity index (χ1v) is 12.6. The maximum atomic E-state index is 14.2. The van der Waals surface area contributed by atoms with Crippen LogP contribution in [-0.4, -0.2) is 65.5 Å². The second kappa shape index (κ2) is 9.74. The fourth-order valence-corrected chi connectivity index (χ4v) is 5.76. The van der Waals surface area contributed by atoms with Crippen molar-refractivity contribution in [2.45, 2.75) is 57.7 Å². The van der Waals surface area contributed by atoms with Gasteiger partial charge in [0.2, 0.25) is 0 Å². The second-order valence-electron chi connectivity index (χ2n) is 10.2. The lowest BCUT2D eigenvalue weighted by Crippen LogP contribution is -2.47. The Labute approximate surface area is 210 Å². The molecule has 0 unspecified atom stereocenters. The first-order valence-electron chi connectivity index (χ1n) is 12.3. The van der Waals surface area contributed by atoms with Crippen molar-refractivity contribution in [2.75, 3.05) is 19.6 Å². The van der Waals surface area contributed by atoms with Crippen LogP contribution >= 0.6 is 11.6 Å². The van der Waals surface area contributed by atoms with Crippen LogP contribution in [0.15, 0.2) is 45.8 Å². The Morgan fingerprint density at radius 3 is 2.69 bits per heavy atom. The summed E-state index contributed by atoms with van der Waals surface area (Å²) >= 11 is 5.91. The van der Waals surface area contributed by atoms with Crippen molar-refractivity contribution in [3.8, 4) is 5.75 Å². The van der Waals surface area contributed by atoms with Gasteiger partial charge in [-0.3, -0.25) is 9.69 Å². The summed E-state index contributed by atoms with van der Waals surface area (Å²) in [4.78, 5) is 21.9. The third kappa shape index (κ3) is 5.00. The van der Waals surface area contributed by atoms with Gasteiger partial charge in [-0.15, -0.1) is 0 Å². The molecule has 4 aliphatic rings. The Bertz CT molecular complexity index is 1120. The summed E-state index contributed by atoms with van der Waals surface area (Å²) in [6, 6.07) is 5.05. The number of likely N-dealkylation sites (tertiary alicyclic amines) is 1. The van der Waals surface area contributed by atoms with Crippen LogP contribution in [0.3, 0.4) is 0 Å². The summed E-state index contributed by atoms with van der Waals surface area (Å²) in [6.45, 7) is 5.97. The number of halogens is 2. The molecule has 0 aliphatic carbocycles. The lowest BCUT2D eigenvalue weighted by Gasteiger charge is -2.40. The highest BCUT2D eigenvalue weighted by molar-refractivity contribution is 6.39. The molecule has 0 radical (unpaired) electrons. The minimum absolute atomic E-state index is 0.0453. The van der Waals surface area contributed by atoms with E-state index in [1.807, 2.05) is 0 Å². The number of amides is 1. The first kappa shape index (κ1) is 24.0. The number of piperidine rings is 1. The van der Waals surface area contributed by atoms with Gasteiger partial charge in [-0.05, 0) is 43.7 Å². The molecule has 3 saturated heterocycles. The topological polar surface area (TPSA) is 81.0 Å². The van der Waals surface area contributed by atoms with E-state index in [0.717, 1.165) is 32.2 Å². The Kier molecular flexibility index (Phi) is 6.68. The van der Waals surface area contributed by atoms with Crippen LogP contribution in [0.5, 0.6) is 5.75 Å². The molecule has 0 spiro atoms. The zero-order chi connectivity index (χ0) is 24.7. The van der Waals surface area contributed by atoms with Gasteiger partial charge in [-0.25, -0.2) is 9.38 Å². The number of nitrogens with zero attached hydrogens (tertiary/aromatic N) is 3. The average Bonchev–Trinajstić information content (AvgIpc) is 3.29. The average molecular weight is 500 g/mol. The molecular formula is C26H31ClFN5O2. The highest BCUT2D eigenvalue weighted by atomic mass is 35.5.